The molecular formula is C20H36N2O3. The number of rotatable bonds is 11. The van der Waals surface area contributed by atoms with Crippen molar-refractivity contribution in [3.8, 4) is 0 Å². The lowest BCUT2D eigenvalue weighted by Gasteiger charge is -2.32. The van der Waals surface area contributed by atoms with Gasteiger partial charge in [0.25, 0.3) is 0 Å². The van der Waals surface area contributed by atoms with Crippen LogP contribution in [0.5, 0.6) is 0 Å². The van der Waals surface area contributed by atoms with Crippen LogP contribution in [0.15, 0.2) is 0 Å². The van der Waals surface area contributed by atoms with E-state index < -0.39 is 0 Å². The zero-order valence-electron chi connectivity index (χ0n) is 16.0. The first kappa shape index (κ1) is 20.2. The third-order valence-corrected chi connectivity index (χ3v) is 5.29. The number of unbranched alkanes of at least 4 members (excludes halogenated alkanes) is 4. The Morgan fingerprint density at radius 1 is 1.00 bits per heavy atom. The van der Waals surface area contributed by atoms with Gasteiger partial charge in [0.05, 0.1) is 6.54 Å². The molecule has 2 heterocycles. The van der Waals surface area contributed by atoms with Gasteiger partial charge in [-0.3, -0.25) is 14.5 Å². The predicted molar refractivity (Wildman–Crippen MR) is 99.4 cm³/mol. The number of carbonyl (C=O) groups excluding carboxylic acids is 2. The molecule has 1 amide bonds. The van der Waals surface area contributed by atoms with E-state index >= 15 is 0 Å². The Morgan fingerprint density at radius 3 is 2.44 bits per heavy atom. The molecule has 0 aliphatic carbocycles. The fraction of sp³-hybridized carbons (Fsp3) is 0.900. The van der Waals surface area contributed by atoms with E-state index in [1.807, 2.05) is 4.90 Å². The van der Waals surface area contributed by atoms with Crippen molar-refractivity contribution in [2.75, 3.05) is 32.7 Å². The Labute approximate surface area is 153 Å². The van der Waals surface area contributed by atoms with Gasteiger partial charge in [0.15, 0.2) is 0 Å². The molecule has 0 aromatic heterocycles. The molecule has 0 radical (unpaired) electrons. The van der Waals surface area contributed by atoms with Gasteiger partial charge in [0.2, 0.25) is 5.91 Å². The highest BCUT2D eigenvalue weighted by molar-refractivity contribution is 5.78. The maximum atomic E-state index is 12.2. The molecule has 0 unspecified atom stereocenters. The van der Waals surface area contributed by atoms with Crippen molar-refractivity contribution in [2.24, 2.45) is 0 Å². The van der Waals surface area contributed by atoms with Crippen LogP contribution in [-0.2, 0) is 14.3 Å². The first-order valence-electron chi connectivity index (χ1n) is 10.4. The van der Waals surface area contributed by atoms with Crippen molar-refractivity contribution in [1.82, 2.24) is 9.80 Å². The summed E-state index contributed by atoms with van der Waals surface area (Å²) in [5.41, 5.74) is 0. The number of amides is 1. The molecule has 1 atom stereocenters. The summed E-state index contributed by atoms with van der Waals surface area (Å²) in [7, 11) is 0. The van der Waals surface area contributed by atoms with Crippen LogP contribution in [-0.4, -0.2) is 60.5 Å². The fourth-order valence-electron chi connectivity index (χ4n) is 3.82. The minimum Gasteiger partial charge on any atom is -0.459 e. The molecule has 5 nitrogen and oxygen atoms in total. The molecule has 0 saturated carbocycles. The Balaban J connectivity index is 1.77. The van der Waals surface area contributed by atoms with Gasteiger partial charge in [-0.1, -0.05) is 39.0 Å². The molecule has 0 N–H and O–H groups in total. The average molecular weight is 353 g/mol. The van der Waals surface area contributed by atoms with Gasteiger partial charge in [-0.25, -0.2) is 0 Å². The van der Waals surface area contributed by atoms with Gasteiger partial charge in [-0.05, 0) is 38.8 Å². The normalized spacial score (nSPS) is 20.0. The molecular weight excluding hydrogens is 316 g/mol. The smallest absolute Gasteiger partial charge is 0.306 e. The maximum Gasteiger partial charge on any atom is 0.306 e. The monoisotopic (exact) mass is 352 g/mol. The second kappa shape index (κ2) is 11.5. The molecule has 25 heavy (non-hydrogen) atoms. The summed E-state index contributed by atoms with van der Waals surface area (Å²) in [6.07, 6.45) is 11.3. The number of piperidine rings is 1. The Bertz CT molecular complexity index is 408. The van der Waals surface area contributed by atoms with Crippen molar-refractivity contribution < 1.29 is 14.3 Å². The Kier molecular flexibility index (Phi) is 9.30. The molecule has 0 spiro atoms. The minimum atomic E-state index is -0.178. The van der Waals surface area contributed by atoms with Crippen LogP contribution < -0.4 is 0 Å². The number of carbonyl (C=O) groups is 2. The quantitative estimate of drug-likeness (QED) is 0.423. The molecule has 0 aromatic rings. The number of hydrogen-bond acceptors (Lipinski definition) is 4. The number of likely N-dealkylation sites (tertiary alicyclic amines) is 2. The first-order chi connectivity index (χ1) is 12.2. The van der Waals surface area contributed by atoms with E-state index in [2.05, 4.69) is 11.8 Å². The zero-order valence-corrected chi connectivity index (χ0v) is 16.0. The topological polar surface area (TPSA) is 49.9 Å². The molecule has 2 fully saturated rings. The second-order valence-corrected chi connectivity index (χ2v) is 7.58. The van der Waals surface area contributed by atoms with E-state index in [0.29, 0.717) is 19.4 Å². The number of ether oxygens (including phenoxy) is 1. The van der Waals surface area contributed by atoms with E-state index in [4.69, 9.17) is 4.74 Å². The summed E-state index contributed by atoms with van der Waals surface area (Å²) in [6.45, 7) is 6.50. The van der Waals surface area contributed by atoms with Gasteiger partial charge >= 0.3 is 5.97 Å². The van der Waals surface area contributed by atoms with Crippen LogP contribution in [0.2, 0.25) is 0 Å². The SMILES string of the molecule is CCCCCCCC(=O)O[C@H](CN1CCCCC1)CN1CCCC1=O. The van der Waals surface area contributed by atoms with E-state index in [0.717, 1.165) is 45.4 Å². The highest BCUT2D eigenvalue weighted by atomic mass is 16.5. The van der Waals surface area contributed by atoms with Gasteiger partial charge in [0, 0.05) is 25.9 Å². The number of hydrogen-bond donors (Lipinski definition) is 0. The van der Waals surface area contributed by atoms with Crippen LogP contribution in [0.25, 0.3) is 0 Å². The number of nitrogens with zero attached hydrogens (tertiary/aromatic N) is 2. The lowest BCUT2D eigenvalue weighted by molar-refractivity contribution is -0.152. The molecule has 2 rings (SSSR count). The second-order valence-electron chi connectivity index (χ2n) is 7.58. The fourth-order valence-corrected chi connectivity index (χ4v) is 3.82. The van der Waals surface area contributed by atoms with Gasteiger partial charge in [-0.2, -0.15) is 0 Å². The summed E-state index contributed by atoms with van der Waals surface area (Å²) < 4.78 is 5.80. The Morgan fingerprint density at radius 2 is 1.76 bits per heavy atom. The van der Waals surface area contributed by atoms with Gasteiger partial charge in [0.1, 0.15) is 6.10 Å². The van der Waals surface area contributed by atoms with Crippen molar-refractivity contribution in [1.29, 1.82) is 0 Å². The van der Waals surface area contributed by atoms with E-state index in [9.17, 15) is 9.59 Å². The van der Waals surface area contributed by atoms with Crippen molar-refractivity contribution in [2.45, 2.75) is 83.7 Å². The highest BCUT2D eigenvalue weighted by Crippen LogP contribution is 2.15. The van der Waals surface area contributed by atoms with Crippen LogP contribution in [0, 0.1) is 0 Å². The predicted octanol–water partition coefficient (Wildman–Crippen LogP) is 3.37. The first-order valence-corrected chi connectivity index (χ1v) is 10.4. The van der Waals surface area contributed by atoms with Crippen LogP contribution in [0.3, 0.4) is 0 Å². The van der Waals surface area contributed by atoms with Crippen LogP contribution >= 0.6 is 0 Å². The van der Waals surface area contributed by atoms with Crippen molar-refractivity contribution in [3.63, 3.8) is 0 Å². The van der Waals surface area contributed by atoms with Crippen molar-refractivity contribution >= 4 is 11.9 Å². The molecule has 2 saturated heterocycles. The Hall–Kier alpha value is -1.10. The van der Waals surface area contributed by atoms with Gasteiger partial charge in [-0.15, -0.1) is 0 Å². The zero-order chi connectivity index (χ0) is 17.9. The van der Waals surface area contributed by atoms with E-state index in [1.54, 1.807) is 0 Å². The standard InChI is InChI=1S/C20H36N2O3/c1-2-3-4-5-7-12-20(24)25-18(16-21-13-8-6-9-14-21)17-22-15-10-11-19(22)23/h18H,2-17H2,1H3/t18-/m1/s1. The lowest BCUT2D eigenvalue weighted by Crippen LogP contribution is -2.44. The van der Waals surface area contributed by atoms with Crippen LogP contribution in [0.4, 0.5) is 0 Å². The minimum absolute atomic E-state index is 0.0925. The summed E-state index contributed by atoms with van der Waals surface area (Å²) in [4.78, 5) is 28.4. The largest absolute Gasteiger partial charge is 0.459 e. The maximum absolute atomic E-state index is 12.2. The van der Waals surface area contributed by atoms with Crippen molar-refractivity contribution in [3.05, 3.63) is 0 Å². The molecule has 0 bridgehead atoms. The highest BCUT2D eigenvalue weighted by Gasteiger charge is 2.27. The van der Waals surface area contributed by atoms with Crippen LogP contribution in [0.1, 0.15) is 77.6 Å². The van der Waals surface area contributed by atoms with E-state index in [-0.39, 0.29) is 18.0 Å². The summed E-state index contributed by atoms with van der Waals surface area (Å²) in [5, 5.41) is 0. The molecule has 2 aliphatic heterocycles. The molecule has 5 heteroatoms. The lowest BCUT2D eigenvalue weighted by atomic mass is 10.1. The summed E-state index contributed by atoms with van der Waals surface area (Å²) >= 11 is 0. The molecule has 0 aromatic carbocycles. The summed E-state index contributed by atoms with van der Waals surface area (Å²) in [6, 6.07) is 0. The summed E-state index contributed by atoms with van der Waals surface area (Å²) in [5.74, 6) is 0.115. The third-order valence-electron chi connectivity index (χ3n) is 5.29. The molecule has 144 valence electrons. The third kappa shape index (κ3) is 7.76. The van der Waals surface area contributed by atoms with Gasteiger partial charge < -0.3 is 9.64 Å². The molecule has 2 aliphatic rings. The number of esters is 1. The average Bonchev–Trinajstić information content (AvgIpc) is 3.00. The van der Waals surface area contributed by atoms with E-state index in [1.165, 1.54) is 38.5 Å².